The largest absolute Gasteiger partial charge is 0.488 e. The minimum absolute atomic E-state index is 0.0797. The number of amides is 1. The van der Waals surface area contributed by atoms with E-state index in [4.69, 9.17) is 4.74 Å². The van der Waals surface area contributed by atoms with E-state index in [-0.39, 0.29) is 11.9 Å². The van der Waals surface area contributed by atoms with Crippen LogP contribution in [-0.2, 0) is 11.4 Å². The van der Waals surface area contributed by atoms with Gasteiger partial charge in [0.05, 0.1) is 27.7 Å². The molecule has 1 atom stereocenters. The number of aromatic nitrogens is 3. The highest BCUT2D eigenvalue weighted by atomic mass is 127. The first kappa shape index (κ1) is 17.5. The first-order chi connectivity index (χ1) is 13.2. The number of hydrogen-bond donors (Lipinski definition) is 1. The maximum Gasteiger partial charge on any atom is 0.229 e. The second-order valence-corrected chi connectivity index (χ2v) is 7.21. The summed E-state index contributed by atoms with van der Waals surface area (Å²) in [7, 11) is 0. The predicted octanol–water partition coefficient (Wildman–Crippen LogP) is 3.26. The highest BCUT2D eigenvalue weighted by Crippen LogP contribution is 2.32. The number of rotatable bonds is 4. The van der Waals surface area contributed by atoms with Gasteiger partial charge >= 0.3 is 0 Å². The molecule has 0 saturated carbocycles. The molecule has 0 aliphatic carbocycles. The van der Waals surface area contributed by atoms with Gasteiger partial charge in [0.25, 0.3) is 0 Å². The lowest BCUT2D eigenvalue weighted by atomic mass is 10.0. The molecule has 2 aromatic carbocycles. The first-order valence-corrected chi connectivity index (χ1v) is 9.33. The first-order valence-electron chi connectivity index (χ1n) is 8.25. The lowest BCUT2D eigenvalue weighted by Crippen LogP contribution is -2.29. The van der Waals surface area contributed by atoms with Crippen molar-refractivity contribution in [1.82, 2.24) is 14.8 Å². The molecular formula is C19H14IN5O2. The molecule has 1 unspecified atom stereocenters. The summed E-state index contributed by atoms with van der Waals surface area (Å²) >= 11 is 2.21. The molecule has 7 nitrogen and oxygen atoms in total. The lowest BCUT2D eigenvalue weighted by Gasteiger charge is -2.24. The van der Waals surface area contributed by atoms with Gasteiger partial charge in [-0.1, -0.05) is 24.3 Å². The van der Waals surface area contributed by atoms with Crippen LogP contribution in [0.15, 0.2) is 48.8 Å². The molecule has 1 N–H and O–H groups in total. The Morgan fingerprint density at radius 1 is 1.33 bits per heavy atom. The number of nitrogens with one attached hydrogen (secondary N) is 1. The monoisotopic (exact) mass is 471 g/mol. The summed E-state index contributed by atoms with van der Waals surface area (Å²) in [4.78, 5) is 16.0. The maximum absolute atomic E-state index is 11.9. The predicted molar refractivity (Wildman–Crippen MR) is 106 cm³/mol. The van der Waals surface area contributed by atoms with E-state index in [1.807, 2.05) is 36.4 Å². The summed E-state index contributed by atoms with van der Waals surface area (Å²) in [6.45, 7) is 0.318. The zero-order valence-corrected chi connectivity index (χ0v) is 16.3. The quantitative estimate of drug-likeness (QED) is 0.590. The number of fused-ring (bicyclic) bond motifs is 1. The van der Waals surface area contributed by atoms with E-state index in [1.165, 1.54) is 6.33 Å². The number of ether oxygens (including phenoxy) is 1. The van der Waals surface area contributed by atoms with Crippen LogP contribution in [0.5, 0.6) is 5.75 Å². The fourth-order valence-corrected chi connectivity index (χ4v) is 3.71. The summed E-state index contributed by atoms with van der Waals surface area (Å²) in [5.74, 6) is 1.11. The molecule has 134 valence electrons. The Morgan fingerprint density at radius 3 is 3.00 bits per heavy atom. The van der Waals surface area contributed by atoms with Crippen LogP contribution in [0.3, 0.4) is 0 Å². The molecule has 27 heavy (non-hydrogen) atoms. The van der Waals surface area contributed by atoms with E-state index in [1.54, 1.807) is 10.7 Å². The van der Waals surface area contributed by atoms with Gasteiger partial charge in [-0.3, -0.25) is 10.1 Å². The van der Waals surface area contributed by atoms with Crippen molar-refractivity contribution in [3.8, 4) is 11.8 Å². The molecular weight excluding hydrogens is 457 g/mol. The highest BCUT2D eigenvalue weighted by Gasteiger charge is 2.28. The summed E-state index contributed by atoms with van der Waals surface area (Å²) in [5.41, 5.74) is 2.41. The van der Waals surface area contributed by atoms with E-state index >= 15 is 0 Å². The van der Waals surface area contributed by atoms with Crippen LogP contribution in [0, 0.1) is 14.9 Å². The summed E-state index contributed by atoms with van der Waals surface area (Å²) in [6.07, 6.45) is 1.74. The Hall–Kier alpha value is -2.93. The number of anilines is 1. The SMILES string of the molecule is N#Cc1ccccc1COc1ccc(C2CC(=O)Nc3ncnn32)cc1I. The zero-order valence-electron chi connectivity index (χ0n) is 14.1. The van der Waals surface area contributed by atoms with Crippen molar-refractivity contribution < 1.29 is 9.53 Å². The molecule has 8 heteroatoms. The van der Waals surface area contributed by atoms with Crippen molar-refractivity contribution >= 4 is 34.4 Å². The van der Waals surface area contributed by atoms with Crippen molar-refractivity contribution in [2.45, 2.75) is 19.1 Å². The maximum atomic E-state index is 11.9. The van der Waals surface area contributed by atoms with Crippen LogP contribution in [0.4, 0.5) is 5.95 Å². The molecule has 0 radical (unpaired) electrons. The summed E-state index contributed by atoms with van der Waals surface area (Å²) in [5, 5.41) is 16.1. The van der Waals surface area contributed by atoms with Crippen molar-refractivity contribution in [2.24, 2.45) is 0 Å². The average Bonchev–Trinajstić information content (AvgIpc) is 3.15. The minimum Gasteiger partial charge on any atom is -0.488 e. The Kier molecular flexibility index (Phi) is 4.77. The molecule has 2 heterocycles. The molecule has 1 aromatic heterocycles. The molecule has 0 bridgehead atoms. The smallest absolute Gasteiger partial charge is 0.229 e. The average molecular weight is 471 g/mol. The van der Waals surface area contributed by atoms with Crippen molar-refractivity contribution in [3.63, 3.8) is 0 Å². The van der Waals surface area contributed by atoms with Crippen LogP contribution in [-0.4, -0.2) is 20.7 Å². The number of nitrogens with zero attached hydrogens (tertiary/aromatic N) is 4. The third-order valence-electron chi connectivity index (χ3n) is 4.36. The molecule has 4 rings (SSSR count). The van der Waals surface area contributed by atoms with E-state index in [9.17, 15) is 10.1 Å². The Bertz CT molecular complexity index is 1060. The Morgan fingerprint density at radius 2 is 2.19 bits per heavy atom. The fraction of sp³-hybridized carbons (Fsp3) is 0.158. The summed E-state index contributed by atoms with van der Waals surface area (Å²) < 4.78 is 8.55. The van der Waals surface area contributed by atoms with E-state index in [0.29, 0.717) is 24.5 Å². The standard InChI is InChI=1S/C19H14IN5O2/c20-15-7-12(16-8-18(26)24-19-22-11-23-25(16)19)5-6-17(15)27-10-14-4-2-1-3-13(14)9-21/h1-7,11,16H,8,10H2,(H,22,23,24,26). The van der Waals surface area contributed by atoms with Gasteiger partial charge in [-0.25, -0.2) is 4.68 Å². The fourth-order valence-electron chi connectivity index (χ4n) is 3.02. The van der Waals surface area contributed by atoms with Gasteiger partial charge in [-0.2, -0.15) is 15.3 Å². The number of hydrogen-bond acceptors (Lipinski definition) is 5. The van der Waals surface area contributed by atoms with E-state index in [0.717, 1.165) is 20.4 Å². The van der Waals surface area contributed by atoms with Gasteiger partial charge < -0.3 is 4.74 Å². The van der Waals surface area contributed by atoms with E-state index < -0.39 is 0 Å². The normalized spacial score (nSPS) is 15.6. The second kappa shape index (κ2) is 7.36. The van der Waals surface area contributed by atoms with Crippen molar-refractivity contribution in [3.05, 3.63) is 69.1 Å². The Balaban J connectivity index is 1.56. The number of halogens is 1. The lowest BCUT2D eigenvalue weighted by molar-refractivity contribution is -0.117. The molecule has 0 fully saturated rings. The molecule has 1 aliphatic heterocycles. The topological polar surface area (TPSA) is 92.8 Å². The van der Waals surface area contributed by atoms with Crippen LogP contribution in [0.25, 0.3) is 0 Å². The van der Waals surface area contributed by atoms with Crippen molar-refractivity contribution in [1.29, 1.82) is 5.26 Å². The number of nitriles is 1. The second-order valence-electron chi connectivity index (χ2n) is 6.04. The molecule has 0 spiro atoms. The van der Waals surface area contributed by atoms with Crippen LogP contribution in [0.2, 0.25) is 0 Å². The molecule has 1 amide bonds. The number of benzene rings is 2. The highest BCUT2D eigenvalue weighted by molar-refractivity contribution is 14.1. The zero-order chi connectivity index (χ0) is 18.8. The molecule has 0 saturated heterocycles. The number of carbonyl (C=O) groups is 1. The molecule has 1 aliphatic rings. The Labute approximate surface area is 169 Å². The third kappa shape index (κ3) is 3.50. The number of carbonyl (C=O) groups excluding carboxylic acids is 1. The molecule has 3 aromatic rings. The van der Waals surface area contributed by atoms with Gasteiger partial charge in [0.15, 0.2) is 0 Å². The third-order valence-corrected chi connectivity index (χ3v) is 5.20. The summed E-state index contributed by atoms with van der Waals surface area (Å²) in [6, 6.07) is 15.2. The van der Waals surface area contributed by atoms with Crippen LogP contribution in [0.1, 0.15) is 29.2 Å². The van der Waals surface area contributed by atoms with Crippen molar-refractivity contribution in [2.75, 3.05) is 5.32 Å². The van der Waals surface area contributed by atoms with Gasteiger partial charge in [-0.05, 0) is 46.4 Å². The minimum atomic E-state index is -0.196. The van der Waals surface area contributed by atoms with Gasteiger partial charge in [0, 0.05) is 5.56 Å². The van der Waals surface area contributed by atoms with E-state index in [2.05, 4.69) is 44.1 Å². The van der Waals surface area contributed by atoms with Crippen LogP contribution < -0.4 is 10.1 Å². The van der Waals surface area contributed by atoms with Gasteiger partial charge in [0.1, 0.15) is 18.7 Å². The van der Waals surface area contributed by atoms with Crippen LogP contribution >= 0.6 is 22.6 Å². The van der Waals surface area contributed by atoms with Gasteiger partial charge in [0.2, 0.25) is 11.9 Å². The van der Waals surface area contributed by atoms with Gasteiger partial charge in [-0.15, -0.1) is 0 Å².